The summed E-state index contributed by atoms with van der Waals surface area (Å²) in [5, 5.41) is 16.1. The van der Waals surface area contributed by atoms with Gasteiger partial charge in [0.25, 0.3) is 0 Å². The van der Waals surface area contributed by atoms with Crippen LogP contribution < -0.4 is 16.4 Å². The number of halogens is 3. The molecule has 1 saturated heterocycles. The van der Waals surface area contributed by atoms with E-state index in [1.807, 2.05) is 0 Å². The number of aliphatic hydroxyl groups is 1. The molecule has 138 valence electrons. The van der Waals surface area contributed by atoms with Gasteiger partial charge in [-0.2, -0.15) is 0 Å². The molecule has 0 aromatic heterocycles. The van der Waals surface area contributed by atoms with Gasteiger partial charge in [-0.1, -0.05) is 41.9 Å². The summed E-state index contributed by atoms with van der Waals surface area (Å²) in [4.78, 5) is 12.9. The Morgan fingerprint density at radius 3 is 2.88 bits per heavy atom. The number of amides is 1. The zero-order chi connectivity index (χ0) is 19.1. The van der Waals surface area contributed by atoms with Gasteiger partial charge in [-0.3, -0.25) is 10.1 Å². The third kappa shape index (κ3) is 2.98. The Kier molecular flexibility index (Phi) is 5.23. The monoisotopic (exact) mass is 397 g/mol. The molecule has 0 bridgehead atoms. The quantitative estimate of drug-likeness (QED) is 0.588. The summed E-state index contributed by atoms with van der Waals surface area (Å²) >= 11 is 11.6. The van der Waals surface area contributed by atoms with Crippen molar-refractivity contribution in [1.82, 2.24) is 5.32 Å². The minimum Gasteiger partial charge on any atom is -0.395 e. The molecule has 26 heavy (non-hydrogen) atoms. The number of carbonyl (C=O) groups is 1. The Balaban J connectivity index is 2.12. The highest BCUT2D eigenvalue weighted by atomic mass is 35.5. The lowest BCUT2D eigenvalue weighted by molar-refractivity contribution is -0.122. The average molecular weight is 398 g/mol. The summed E-state index contributed by atoms with van der Waals surface area (Å²) in [5.41, 5.74) is 5.79. The predicted molar refractivity (Wildman–Crippen MR) is 101 cm³/mol. The van der Waals surface area contributed by atoms with E-state index in [1.165, 1.54) is 18.2 Å². The Morgan fingerprint density at radius 1 is 1.50 bits per heavy atom. The van der Waals surface area contributed by atoms with Crippen LogP contribution in [-0.4, -0.2) is 29.7 Å². The Hall–Kier alpha value is -1.70. The lowest BCUT2D eigenvalue weighted by atomic mass is 9.77. The number of nitrogens with two attached hydrogens (primary N) is 1. The summed E-state index contributed by atoms with van der Waals surface area (Å²) in [6, 6.07) is 3.40. The van der Waals surface area contributed by atoms with Gasteiger partial charge in [0.05, 0.1) is 12.5 Å². The standard InChI is InChI=1S/C18H18Cl2FN3O2/c1-9(19)3-2-4-12(21)15-16(22)14(8-25)24-18(15)11-6-5-10(20)7-13(11)23-17(18)26/h2-7,14-16,24-25H,1,8,22H2,(H,23,26)/b3-2-,12-4-/t14-,15-,16+,18+/m0/s1. The molecular formula is C18H18Cl2FN3O2. The molecular weight excluding hydrogens is 380 g/mol. The third-order valence-electron chi connectivity index (χ3n) is 4.77. The molecule has 1 spiro atoms. The SMILES string of the molecule is C=C(Cl)/C=C\C=C(/F)[C@H]1[C@H](N)[C@H](CO)N[C@@]12C(=O)Nc1cc(Cl)ccc12. The molecule has 1 amide bonds. The maximum atomic E-state index is 15.1. The lowest BCUT2D eigenvalue weighted by Crippen LogP contribution is -2.50. The average Bonchev–Trinajstić information content (AvgIpc) is 3.01. The zero-order valence-corrected chi connectivity index (χ0v) is 15.2. The molecule has 5 nitrogen and oxygen atoms in total. The van der Waals surface area contributed by atoms with Crippen molar-refractivity contribution in [3.63, 3.8) is 0 Å². The first-order valence-electron chi connectivity index (χ1n) is 7.95. The van der Waals surface area contributed by atoms with Crippen LogP contribution in [-0.2, 0) is 10.3 Å². The van der Waals surface area contributed by atoms with Gasteiger partial charge in [0.15, 0.2) is 0 Å². The van der Waals surface area contributed by atoms with Crippen LogP contribution in [0.4, 0.5) is 10.1 Å². The van der Waals surface area contributed by atoms with E-state index in [1.54, 1.807) is 18.2 Å². The van der Waals surface area contributed by atoms with Crippen LogP contribution in [0.2, 0.25) is 5.02 Å². The van der Waals surface area contributed by atoms with E-state index >= 15 is 4.39 Å². The Morgan fingerprint density at radius 2 is 2.23 bits per heavy atom. The second-order valence-corrected chi connectivity index (χ2v) is 7.22. The first-order valence-corrected chi connectivity index (χ1v) is 8.70. The molecule has 1 aromatic carbocycles. The van der Waals surface area contributed by atoms with Gasteiger partial charge in [0.1, 0.15) is 11.4 Å². The number of allylic oxidation sites excluding steroid dienone is 4. The van der Waals surface area contributed by atoms with Crippen molar-refractivity contribution < 1.29 is 14.3 Å². The number of hydrogen-bond donors (Lipinski definition) is 4. The molecule has 2 aliphatic heterocycles. The molecule has 3 rings (SSSR count). The van der Waals surface area contributed by atoms with Crippen LogP contribution in [0.1, 0.15) is 5.56 Å². The van der Waals surface area contributed by atoms with E-state index < -0.39 is 35.3 Å². The molecule has 1 fully saturated rings. The Labute approximate surface area is 160 Å². The smallest absolute Gasteiger partial charge is 0.250 e. The van der Waals surface area contributed by atoms with Crippen molar-refractivity contribution in [2.24, 2.45) is 11.7 Å². The topological polar surface area (TPSA) is 87.4 Å². The number of carbonyl (C=O) groups excluding carboxylic acids is 1. The molecule has 8 heteroatoms. The van der Waals surface area contributed by atoms with Crippen LogP contribution >= 0.6 is 23.2 Å². The number of nitrogens with one attached hydrogen (secondary N) is 2. The summed E-state index contributed by atoms with van der Waals surface area (Å²) in [5.74, 6) is -2.07. The van der Waals surface area contributed by atoms with Crippen LogP contribution in [0.25, 0.3) is 0 Å². The summed E-state index contributed by atoms with van der Waals surface area (Å²) in [7, 11) is 0. The highest BCUT2D eigenvalue weighted by molar-refractivity contribution is 6.31. The van der Waals surface area contributed by atoms with Crippen molar-refractivity contribution in [1.29, 1.82) is 0 Å². The Bertz CT molecular complexity index is 827. The maximum absolute atomic E-state index is 15.1. The zero-order valence-electron chi connectivity index (χ0n) is 13.7. The van der Waals surface area contributed by atoms with Crippen LogP contribution in [0.15, 0.2) is 53.9 Å². The van der Waals surface area contributed by atoms with Crippen molar-refractivity contribution >= 4 is 34.8 Å². The van der Waals surface area contributed by atoms with E-state index in [4.69, 9.17) is 28.9 Å². The van der Waals surface area contributed by atoms with Gasteiger partial charge in [-0.15, -0.1) is 0 Å². The van der Waals surface area contributed by atoms with Crippen molar-refractivity contribution in [3.8, 4) is 0 Å². The van der Waals surface area contributed by atoms with Crippen LogP contribution in [0, 0.1) is 5.92 Å². The van der Waals surface area contributed by atoms with E-state index in [-0.39, 0.29) is 11.6 Å². The minimum atomic E-state index is -1.43. The minimum absolute atomic E-state index is 0.240. The number of benzene rings is 1. The van der Waals surface area contributed by atoms with Gasteiger partial charge < -0.3 is 16.2 Å². The number of hydrogen-bond acceptors (Lipinski definition) is 4. The number of fused-ring (bicyclic) bond motifs is 2. The predicted octanol–water partition coefficient (Wildman–Crippen LogP) is 2.56. The van der Waals surface area contributed by atoms with Gasteiger partial charge in [0.2, 0.25) is 5.91 Å². The highest BCUT2D eigenvalue weighted by Crippen LogP contribution is 2.49. The first kappa shape index (κ1) is 19.1. The fourth-order valence-corrected chi connectivity index (χ4v) is 3.91. The summed E-state index contributed by atoms with van der Waals surface area (Å²) in [6.07, 6.45) is 4.02. The fraction of sp³-hybridized carbons (Fsp3) is 0.278. The summed E-state index contributed by atoms with van der Waals surface area (Å²) < 4.78 is 15.1. The fourth-order valence-electron chi connectivity index (χ4n) is 3.66. The van der Waals surface area contributed by atoms with Gasteiger partial charge in [-0.05, 0) is 24.3 Å². The van der Waals surface area contributed by atoms with Crippen molar-refractivity contribution in [3.05, 3.63) is 64.5 Å². The van der Waals surface area contributed by atoms with Crippen LogP contribution in [0.5, 0.6) is 0 Å². The molecule has 2 aliphatic rings. The highest BCUT2D eigenvalue weighted by Gasteiger charge is 2.62. The van der Waals surface area contributed by atoms with E-state index in [0.717, 1.165) is 0 Å². The second-order valence-electron chi connectivity index (χ2n) is 6.30. The number of aliphatic hydroxyl groups excluding tert-OH is 1. The largest absolute Gasteiger partial charge is 0.395 e. The second kappa shape index (κ2) is 7.13. The van der Waals surface area contributed by atoms with Crippen molar-refractivity contribution in [2.45, 2.75) is 17.6 Å². The molecule has 1 aromatic rings. The molecule has 0 aliphatic carbocycles. The van der Waals surface area contributed by atoms with Gasteiger partial charge in [0, 0.05) is 33.4 Å². The molecule has 0 radical (unpaired) electrons. The van der Waals surface area contributed by atoms with Gasteiger partial charge >= 0.3 is 0 Å². The van der Waals surface area contributed by atoms with E-state index in [9.17, 15) is 9.90 Å². The molecule has 2 heterocycles. The maximum Gasteiger partial charge on any atom is 0.250 e. The molecule has 5 N–H and O–H groups in total. The molecule has 4 atom stereocenters. The third-order valence-corrected chi connectivity index (χ3v) is 5.13. The normalized spacial score (nSPS) is 30.9. The number of rotatable bonds is 4. The molecule has 0 unspecified atom stereocenters. The number of anilines is 1. The van der Waals surface area contributed by atoms with Gasteiger partial charge in [-0.25, -0.2) is 4.39 Å². The van der Waals surface area contributed by atoms with Crippen molar-refractivity contribution in [2.75, 3.05) is 11.9 Å². The lowest BCUT2D eigenvalue weighted by Gasteiger charge is -2.29. The molecule has 0 saturated carbocycles. The summed E-state index contributed by atoms with van der Waals surface area (Å²) in [6.45, 7) is 3.15. The first-order chi connectivity index (χ1) is 12.3. The van der Waals surface area contributed by atoms with Crippen LogP contribution in [0.3, 0.4) is 0 Å². The van der Waals surface area contributed by atoms with E-state index in [0.29, 0.717) is 16.3 Å². The van der Waals surface area contributed by atoms with E-state index in [2.05, 4.69) is 17.2 Å².